The Bertz CT molecular complexity index is 883. The molecule has 42 heavy (non-hydrogen) atoms. The monoisotopic (exact) mass is 608 g/mol. The van der Waals surface area contributed by atoms with E-state index in [4.69, 9.17) is 28.4 Å². The zero-order valence-corrected chi connectivity index (χ0v) is 24.2. The summed E-state index contributed by atoms with van der Waals surface area (Å²) in [5, 5.41) is 58.7. The lowest BCUT2D eigenvalue weighted by Gasteiger charge is -2.33. The molecule has 0 saturated carbocycles. The number of esters is 3. The second-order valence-electron chi connectivity index (χ2n) is 8.50. The third-order valence-corrected chi connectivity index (χ3v) is 5.43. The summed E-state index contributed by atoms with van der Waals surface area (Å²) in [4.78, 5) is 34.5. The smallest absolute Gasteiger partial charge is 0.373 e. The maximum atomic E-state index is 11.6. The van der Waals surface area contributed by atoms with E-state index in [2.05, 4.69) is 0 Å². The lowest BCUT2D eigenvalue weighted by Crippen LogP contribution is -2.51. The number of hydrogen-bond acceptors (Lipinski definition) is 15. The highest BCUT2D eigenvalue weighted by molar-refractivity contribution is 5.86. The van der Waals surface area contributed by atoms with Crippen LogP contribution in [0, 0.1) is 0 Å². The Morgan fingerprint density at radius 1 is 0.571 bits per heavy atom. The summed E-state index contributed by atoms with van der Waals surface area (Å²) in [6.07, 6.45) is -1.10. The molecule has 0 radical (unpaired) electrons. The minimum absolute atomic E-state index is 0.0446. The topological polar surface area (TPSA) is 228 Å². The molecule has 0 aliphatic rings. The largest absolute Gasteiger partial charge is 0.502 e. The van der Waals surface area contributed by atoms with Gasteiger partial charge in [0, 0.05) is 19.3 Å². The van der Waals surface area contributed by atoms with Gasteiger partial charge in [-0.2, -0.15) is 0 Å². The Balaban J connectivity index is 5.15. The molecule has 0 bridgehead atoms. The SMILES string of the molecule is CC=C(O)C(=O)OCCCOC(CO)C(O)C(OCCCOC(=O)C(O)=CC)C(CO)OCCCOC(=O)C(O)=CC. The summed E-state index contributed by atoms with van der Waals surface area (Å²) < 4.78 is 31.5. The predicted molar refractivity (Wildman–Crippen MR) is 145 cm³/mol. The summed E-state index contributed by atoms with van der Waals surface area (Å²) in [5.41, 5.74) is 0. The second-order valence-corrected chi connectivity index (χ2v) is 8.50. The molecule has 0 fully saturated rings. The van der Waals surface area contributed by atoms with Crippen molar-refractivity contribution in [1.29, 1.82) is 0 Å². The first-order valence-corrected chi connectivity index (χ1v) is 13.4. The molecule has 242 valence electrons. The number of ether oxygens (including phenoxy) is 6. The minimum Gasteiger partial charge on any atom is -0.502 e. The molecule has 4 atom stereocenters. The van der Waals surface area contributed by atoms with Crippen molar-refractivity contribution in [3.8, 4) is 0 Å². The Kier molecular flexibility index (Phi) is 21.6. The number of rotatable bonds is 23. The van der Waals surface area contributed by atoms with Gasteiger partial charge in [0.2, 0.25) is 0 Å². The fourth-order valence-corrected chi connectivity index (χ4v) is 3.08. The molecule has 0 aromatic rings. The highest BCUT2D eigenvalue weighted by atomic mass is 16.6. The molecule has 6 N–H and O–H groups in total. The zero-order valence-electron chi connectivity index (χ0n) is 24.2. The van der Waals surface area contributed by atoms with Crippen LogP contribution in [0.4, 0.5) is 0 Å². The average molecular weight is 609 g/mol. The molecule has 0 heterocycles. The van der Waals surface area contributed by atoms with Crippen molar-refractivity contribution in [2.24, 2.45) is 0 Å². The molecule has 4 unspecified atom stereocenters. The molecule has 0 spiro atoms. The lowest BCUT2D eigenvalue weighted by atomic mass is 10.0. The van der Waals surface area contributed by atoms with Gasteiger partial charge < -0.3 is 59.1 Å². The molecule has 0 aliphatic heterocycles. The van der Waals surface area contributed by atoms with E-state index >= 15 is 0 Å². The number of aliphatic hydroxyl groups excluding tert-OH is 6. The lowest BCUT2D eigenvalue weighted by molar-refractivity contribution is -0.177. The van der Waals surface area contributed by atoms with E-state index in [0.29, 0.717) is 0 Å². The van der Waals surface area contributed by atoms with Crippen molar-refractivity contribution in [3.05, 3.63) is 35.5 Å². The number of allylic oxidation sites excluding steroid dienone is 3. The standard InChI is InChI=1S/C27H44O15/c1-4-18(30)25(34)40-13-7-10-37-21(16-28)23(33)24(39-12-9-15-42-27(36)20(32)6-3)22(17-29)38-11-8-14-41-26(35)19(31)5-2/h4-6,21-24,28-33H,7-17H2,1-3H3. The van der Waals surface area contributed by atoms with Crippen LogP contribution in [0.15, 0.2) is 35.5 Å². The maximum Gasteiger partial charge on any atom is 0.373 e. The third-order valence-electron chi connectivity index (χ3n) is 5.43. The molecule has 0 aromatic carbocycles. The Labute approximate surface area is 244 Å². The first-order valence-electron chi connectivity index (χ1n) is 13.4. The quantitative estimate of drug-likeness (QED) is 0.0308. The normalized spacial score (nSPS) is 15.4. The predicted octanol–water partition coefficient (Wildman–Crippen LogP) is 0.673. The molecular weight excluding hydrogens is 564 g/mol. The van der Waals surface area contributed by atoms with Crippen LogP contribution in [0.1, 0.15) is 40.0 Å². The second kappa shape index (κ2) is 23.4. The molecule has 0 saturated heterocycles. The van der Waals surface area contributed by atoms with Crippen molar-refractivity contribution in [1.82, 2.24) is 0 Å². The summed E-state index contributed by atoms with van der Waals surface area (Å²) >= 11 is 0. The molecule has 15 nitrogen and oxygen atoms in total. The van der Waals surface area contributed by atoms with Crippen LogP contribution in [-0.2, 0) is 42.8 Å². The van der Waals surface area contributed by atoms with Gasteiger partial charge in [0.25, 0.3) is 0 Å². The van der Waals surface area contributed by atoms with Crippen LogP contribution in [0.5, 0.6) is 0 Å². The van der Waals surface area contributed by atoms with E-state index in [0.717, 1.165) is 0 Å². The molecule has 0 aliphatic carbocycles. The molecule has 15 heteroatoms. The van der Waals surface area contributed by atoms with E-state index in [-0.39, 0.29) is 58.9 Å². The summed E-state index contributed by atoms with van der Waals surface area (Å²) in [6, 6.07) is 0. The van der Waals surface area contributed by atoms with Crippen molar-refractivity contribution >= 4 is 17.9 Å². The molecular formula is C27H44O15. The zero-order chi connectivity index (χ0) is 31.9. The first kappa shape index (κ1) is 38.8. The van der Waals surface area contributed by atoms with Gasteiger partial charge in [-0.15, -0.1) is 0 Å². The number of hydrogen-bond donors (Lipinski definition) is 6. The van der Waals surface area contributed by atoms with Crippen LogP contribution in [-0.4, -0.2) is 126 Å². The molecule has 0 aromatic heterocycles. The summed E-state index contributed by atoms with van der Waals surface area (Å²) in [7, 11) is 0. The highest BCUT2D eigenvalue weighted by Gasteiger charge is 2.35. The van der Waals surface area contributed by atoms with Crippen LogP contribution >= 0.6 is 0 Å². The van der Waals surface area contributed by atoms with E-state index in [1.54, 1.807) is 0 Å². The van der Waals surface area contributed by atoms with Gasteiger partial charge in [0.05, 0.1) is 52.9 Å². The Morgan fingerprint density at radius 3 is 1.24 bits per heavy atom. The van der Waals surface area contributed by atoms with Gasteiger partial charge in [0.1, 0.15) is 24.4 Å². The van der Waals surface area contributed by atoms with Crippen molar-refractivity contribution < 1.29 is 73.4 Å². The summed E-state index contributed by atoms with van der Waals surface area (Å²) in [6.45, 7) is 2.58. The third kappa shape index (κ3) is 15.7. The van der Waals surface area contributed by atoms with E-state index < -0.39 is 72.8 Å². The number of carbonyl (C=O) groups excluding carboxylic acids is 3. The van der Waals surface area contributed by atoms with Crippen LogP contribution in [0.25, 0.3) is 0 Å². The molecule has 0 rings (SSSR count). The minimum atomic E-state index is -1.53. The Morgan fingerprint density at radius 2 is 0.905 bits per heavy atom. The fourth-order valence-electron chi connectivity index (χ4n) is 3.08. The average Bonchev–Trinajstić information content (AvgIpc) is 3.00. The van der Waals surface area contributed by atoms with Crippen molar-refractivity contribution in [2.75, 3.05) is 52.9 Å². The summed E-state index contributed by atoms with van der Waals surface area (Å²) in [5.74, 6) is -4.38. The Hall–Kier alpha value is -3.21. The van der Waals surface area contributed by atoms with E-state index in [1.165, 1.54) is 39.0 Å². The van der Waals surface area contributed by atoms with E-state index in [9.17, 15) is 45.0 Å². The van der Waals surface area contributed by atoms with Crippen molar-refractivity contribution in [2.45, 2.75) is 64.4 Å². The maximum absolute atomic E-state index is 11.6. The first-order chi connectivity index (χ1) is 20.1. The van der Waals surface area contributed by atoms with E-state index in [1.807, 2.05) is 0 Å². The van der Waals surface area contributed by atoms with Crippen LogP contribution in [0.2, 0.25) is 0 Å². The van der Waals surface area contributed by atoms with Crippen LogP contribution in [0.3, 0.4) is 0 Å². The van der Waals surface area contributed by atoms with Crippen molar-refractivity contribution in [3.63, 3.8) is 0 Å². The fraction of sp³-hybridized carbons (Fsp3) is 0.667. The number of aliphatic hydroxyl groups is 6. The highest BCUT2D eigenvalue weighted by Crippen LogP contribution is 2.16. The number of carbonyl (C=O) groups is 3. The molecule has 0 amide bonds. The van der Waals surface area contributed by atoms with Gasteiger partial charge in [-0.05, 0) is 39.0 Å². The van der Waals surface area contributed by atoms with Gasteiger partial charge in [-0.25, -0.2) is 14.4 Å². The van der Waals surface area contributed by atoms with Crippen LogP contribution < -0.4 is 0 Å². The van der Waals surface area contributed by atoms with Gasteiger partial charge in [-0.3, -0.25) is 0 Å². The van der Waals surface area contributed by atoms with Gasteiger partial charge in [0.15, 0.2) is 17.3 Å². The van der Waals surface area contributed by atoms with Gasteiger partial charge in [-0.1, -0.05) is 0 Å². The van der Waals surface area contributed by atoms with Gasteiger partial charge >= 0.3 is 17.9 Å².